The van der Waals surface area contributed by atoms with Crippen molar-refractivity contribution in [1.82, 2.24) is 5.32 Å². The molecule has 1 aromatic carbocycles. The first-order valence-corrected chi connectivity index (χ1v) is 8.37. The number of hydrogen-bond donors (Lipinski definition) is 2. The third kappa shape index (κ3) is 3.63. The third-order valence-electron chi connectivity index (χ3n) is 3.12. The van der Waals surface area contributed by atoms with E-state index < -0.39 is 21.5 Å². The minimum atomic E-state index is -3.60. The summed E-state index contributed by atoms with van der Waals surface area (Å²) in [6, 6.07) is 5.71. The molecule has 1 aromatic rings. The molecule has 0 radical (unpaired) electrons. The lowest BCUT2D eigenvalue weighted by molar-refractivity contribution is -0.116. The lowest BCUT2D eigenvalue weighted by atomic mass is 10.1. The van der Waals surface area contributed by atoms with Crippen LogP contribution in [0.15, 0.2) is 24.3 Å². The smallest absolute Gasteiger partial charge is 0.251 e. The van der Waals surface area contributed by atoms with Gasteiger partial charge in [-0.15, -0.1) is 0 Å². The van der Waals surface area contributed by atoms with Gasteiger partial charge in [-0.1, -0.05) is 0 Å². The number of nitrogens with one attached hydrogen (secondary N) is 1. The van der Waals surface area contributed by atoms with Crippen molar-refractivity contribution in [2.45, 2.75) is 25.9 Å². The van der Waals surface area contributed by atoms with Crippen molar-refractivity contribution in [1.29, 1.82) is 0 Å². The molecule has 7 nitrogen and oxygen atoms in total. The molecule has 0 aromatic heterocycles. The minimum absolute atomic E-state index is 0.0316. The Hall–Kier alpha value is -1.93. The van der Waals surface area contributed by atoms with Gasteiger partial charge in [0.05, 0.1) is 17.0 Å². The molecule has 8 heteroatoms. The van der Waals surface area contributed by atoms with Gasteiger partial charge in [0.15, 0.2) is 0 Å². The van der Waals surface area contributed by atoms with Crippen LogP contribution in [0, 0.1) is 0 Å². The van der Waals surface area contributed by atoms with Gasteiger partial charge in [0.1, 0.15) is 0 Å². The maximum atomic E-state index is 11.9. The Morgan fingerprint density at radius 2 is 1.91 bits per heavy atom. The number of anilines is 1. The summed E-state index contributed by atoms with van der Waals surface area (Å²) in [6.45, 7) is 3.23. The molecule has 1 aliphatic heterocycles. The molecule has 1 aliphatic rings. The van der Waals surface area contributed by atoms with Crippen LogP contribution in [0.2, 0.25) is 0 Å². The zero-order valence-electron chi connectivity index (χ0n) is 12.4. The van der Waals surface area contributed by atoms with Crippen LogP contribution >= 0.6 is 0 Å². The van der Waals surface area contributed by atoms with Gasteiger partial charge in [-0.2, -0.15) is 0 Å². The van der Waals surface area contributed by atoms with Crippen LogP contribution in [0.3, 0.4) is 0 Å². The first kappa shape index (κ1) is 16.4. The second kappa shape index (κ2) is 5.69. The standard InChI is InChI=1S/C14H18N2O5S/c1-14(2,19)9-15-13(18)10-3-5-11(6-4-10)16-12(17)7-8-22(16,20)21/h3-6,19H,7-9H2,1-2H3,(H,15,18). The topological polar surface area (TPSA) is 104 Å². The fraction of sp³-hybridized carbons (Fsp3) is 0.429. The van der Waals surface area contributed by atoms with Crippen molar-refractivity contribution < 1.29 is 23.1 Å². The van der Waals surface area contributed by atoms with Gasteiger partial charge in [0, 0.05) is 18.5 Å². The van der Waals surface area contributed by atoms with Crippen LogP contribution in [-0.4, -0.2) is 43.2 Å². The summed E-state index contributed by atoms with van der Waals surface area (Å²) in [5.41, 5.74) is -0.482. The fourth-order valence-corrected chi connectivity index (χ4v) is 3.48. The number of carbonyl (C=O) groups is 2. The Bertz CT molecular complexity index is 689. The maximum absolute atomic E-state index is 11.9. The quantitative estimate of drug-likeness (QED) is 0.825. The highest BCUT2D eigenvalue weighted by molar-refractivity contribution is 7.94. The summed E-state index contributed by atoms with van der Waals surface area (Å²) >= 11 is 0. The summed E-state index contributed by atoms with van der Waals surface area (Å²) in [7, 11) is -3.60. The van der Waals surface area contributed by atoms with E-state index in [0.717, 1.165) is 4.31 Å². The molecule has 2 amide bonds. The highest BCUT2D eigenvalue weighted by atomic mass is 32.2. The Labute approximate surface area is 129 Å². The molecule has 0 unspecified atom stereocenters. The zero-order chi connectivity index (χ0) is 16.5. The zero-order valence-corrected chi connectivity index (χ0v) is 13.2. The summed E-state index contributed by atoms with van der Waals surface area (Å²) in [4.78, 5) is 23.6. The van der Waals surface area contributed by atoms with Crippen LogP contribution in [0.5, 0.6) is 0 Å². The Morgan fingerprint density at radius 1 is 1.32 bits per heavy atom. The molecule has 1 heterocycles. The fourth-order valence-electron chi connectivity index (χ4n) is 2.02. The molecular weight excluding hydrogens is 308 g/mol. The van der Waals surface area contributed by atoms with Crippen molar-refractivity contribution in [2.24, 2.45) is 0 Å². The number of nitrogens with zero attached hydrogens (tertiary/aromatic N) is 1. The molecular formula is C14H18N2O5S. The molecule has 0 aliphatic carbocycles. The average Bonchev–Trinajstić information content (AvgIpc) is 2.69. The van der Waals surface area contributed by atoms with Gasteiger partial charge in [-0.05, 0) is 38.1 Å². The van der Waals surface area contributed by atoms with E-state index in [0.29, 0.717) is 5.56 Å². The molecule has 120 valence electrons. The molecule has 1 fully saturated rings. The maximum Gasteiger partial charge on any atom is 0.251 e. The Balaban J connectivity index is 2.14. The summed E-state index contributed by atoms with van der Waals surface area (Å²) in [6.07, 6.45) is -0.0316. The Morgan fingerprint density at radius 3 is 2.36 bits per heavy atom. The molecule has 2 rings (SSSR count). The van der Waals surface area contributed by atoms with Gasteiger partial charge in [-0.25, -0.2) is 12.7 Å². The molecule has 0 atom stereocenters. The number of sulfonamides is 1. The molecule has 0 spiro atoms. The number of hydrogen-bond acceptors (Lipinski definition) is 5. The monoisotopic (exact) mass is 326 g/mol. The van der Waals surface area contributed by atoms with Gasteiger partial charge in [0.2, 0.25) is 15.9 Å². The highest BCUT2D eigenvalue weighted by Gasteiger charge is 2.36. The minimum Gasteiger partial charge on any atom is -0.389 e. The van der Waals surface area contributed by atoms with Gasteiger partial charge >= 0.3 is 0 Å². The summed E-state index contributed by atoms with van der Waals surface area (Å²) in [5, 5.41) is 12.1. The molecule has 2 N–H and O–H groups in total. The molecule has 0 saturated carbocycles. The van der Waals surface area contributed by atoms with Crippen molar-refractivity contribution in [3.05, 3.63) is 29.8 Å². The average molecular weight is 326 g/mol. The normalized spacial score (nSPS) is 17.6. The van der Waals surface area contributed by atoms with E-state index >= 15 is 0 Å². The number of amides is 2. The molecule has 1 saturated heterocycles. The van der Waals surface area contributed by atoms with Gasteiger partial charge < -0.3 is 10.4 Å². The van der Waals surface area contributed by atoms with Crippen molar-refractivity contribution in [2.75, 3.05) is 16.6 Å². The number of benzene rings is 1. The molecule has 22 heavy (non-hydrogen) atoms. The lowest BCUT2D eigenvalue weighted by Crippen LogP contribution is -2.38. The summed E-state index contributed by atoms with van der Waals surface area (Å²) < 4.78 is 24.4. The second-order valence-corrected chi connectivity index (χ2v) is 7.70. The van der Waals surface area contributed by atoms with E-state index in [1.165, 1.54) is 24.3 Å². The van der Waals surface area contributed by atoms with E-state index in [2.05, 4.69) is 5.32 Å². The SMILES string of the molecule is CC(C)(O)CNC(=O)c1ccc(N2C(=O)CCS2(=O)=O)cc1. The van der Waals surface area contributed by atoms with Gasteiger partial charge in [-0.3, -0.25) is 9.59 Å². The third-order valence-corrected chi connectivity index (χ3v) is 4.81. The Kier molecular flexibility index (Phi) is 4.25. The van der Waals surface area contributed by atoms with Crippen LogP contribution in [0.4, 0.5) is 5.69 Å². The first-order valence-electron chi connectivity index (χ1n) is 6.77. The summed E-state index contributed by atoms with van der Waals surface area (Å²) in [5.74, 6) is -1.05. The van der Waals surface area contributed by atoms with E-state index in [-0.39, 0.29) is 30.3 Å². The van der Waals surface area contributed by atoms with Crippen molar-refractivity contribution >= 4 is 27.5 Å². The van der Waals surface area contributed by atoms with Crippen LogP contribution in [-0.2, 0) is 14.8 Å². The van der Waals surface area contributed by atoms with Crippen LogP contribution < -0.4 is 9.62 Å². The van der Waals surface area contributed by atoms with Crippen LogP contribution in [0.1, 0.15) is 30.6 Å². The molecule has 0 bridgehead atoms. The van der Waals surface area contributed by atoms with E-state index in [4.69, 9.17) is 0 Å². The largest absolute Gasteiger partial charge is 0.389 e. The predicted molar refractivity (Wildman–Crippen MR) is 81.0 cm³/mol. The van der Waals surface area contributed by atoms with Crippen LogP contribution in [0.25, 0.3) is 0 Å². The first-order chi connectivity index (χ1) is 10.1. The number of rotatable bonds is 4. The number of aliphatic hydroxyl groups is 1. The number of carbonyl (C=O) groups excluding carboxylic acids is 2. The van der Waals surface area contributed by atoms with Gasteiger partial charge in [0.25, 0.3) is 5.91 Å². The second-order valence-electron chi connectivity index (χ2n) is 5.77. The van der Waals surface area contributed by atoms with E-state index in [1.54, 1.807) is 13.8 Å². The highest BCUT2D eigenvalue weighted by Crippen LogP contribution is 2.25. The lowest BCUT2D eigenvalue weighted by Gasteiger charge is -2.18. The predicted octanol–water partition coefficient (Wildman–Crippen LogP) is 0.254. The van der Waals surface area contributed by atoms with Crippen molar-refractivity contribution in [3.8, 4) is 0 Å². The van der Waals surface area contributed by atoms with E-state index in [1.807, 2.05) is 0 Å². The van der Waals surface area contributed by atoms with Crippen molar-refractivity contribution in [3.63, 3.8) is 0 Å². The van der Waals surface area contributed by atoms with E-state index in [9.17, 15) is 23.1 Å².